The van der Waals surface area contributed by atoms with Gasteiger partial charge in [-0.25, -0.2) is 13.4 Å². The van der Waals surface area contributed by atoms with Gasteiger partial charge in [-0.1, -0.05) is 12.1 Å². The Kier molecular flexibility index (Phi) is 5.28. The highest BCUT2D eigenvalue weighted by atomic mass is 32.2. The molecule has 4 rings (SSSR count). The highest BCUT2D eigenvalue weighted by Crippen LogP contribution is 2.40. The maximum atomic E-state index is 13.4. The maximum absolute atomic E-state index is 13.4. The molecule has 1 aromatic heterocycles. The van der Waals surface area contributed by atoms with E-state index in [-0.39, 0.29) is 16.8 Å². The van der Waals surface area contributed by atoms with Crippen molar-refractivity contribution in [2.45, 2.75) is 30.7 Å². The molecule has 1 amide bonds. The number of thiazole rings is 1. The maximum Gasteiger partial charge on any atom is 0.243 e. The number of sulfonamides is 1. The molecule has 1 N–H and O–H groups in total. The first-order valence-electron chi connectivity index (χ1n) is 9.23. The van der Waals surface area contributed by atoms with E-state index in [1.807, 2.05) is 24.3 Å². The van der Waals surface area contributed by atoms with Crippen LogP contribution in [0, 0.1) is 0 Å². The molecule has 9 heteroatoms. The standard InChI is InChI=1S/C20H21N3O4S2/c1-13(24)21-16-12-14(9-10-18(16)27-2)29(25,26)23-11-5-7-17(23)20-22-15-6-3-4-8-19(15)28-20/h3-4,6,8-10,12,17H,5,7,11H2,1-2H3,(H,21,24)/t17-/m1/s1. The molecular weight excluding hydrogens is 410 g/mol. The lowest BCUT2D eigenvalue weighted by atomic mass is 10.2. The number of nitrogens with zero attached hydrogens (tertiary/aromatic N) is 2. The van der Waals surface area contributed by atoms with E-state index in [9.17, 15) is 13.2 Å². The second-order valence-electron chi connectivity index (χ2n) is 6.84. The Bertz CT molecular complexity index is 1140. The third kappa shape index (κ3) is 3.73. The summed E-state index contributed by atoms with van der Waals surface area (Å²) in [5.74, 6) is 0.106. The summed E-state index contributed by atoms with van der Waals surface area (Å²) < 4.78 is 34.6. The Balaban J connectivity index is 1.71. The van der Waals surface area contributed by atoms with Gasteiger partial charge in [0.05, 0.1) is 34.0 Å². The molecule has 0 unspecified atom stereocenters. The second-order valence-corrected chi connectivity index (χ2v) is 9.79. The van der Waals surface area contributed by atoms with Crippen molar-refractivity contribution < 1.29 is 17.9 Å². The zero-order valence-electron chi connectivity index (χ0n) is 16.1. The van der Waals surface area contributed by atoms with Crippen LogP contribution in [0.5, 0.6) is 5.75 Å². The van der Waals surface area contributed by atoms with E-state index in [1.54, 1.807) is 6.07 Å². The Morgan fingerprint density at radius 3 is 2.79 bits per heavy atom. The molecule has 1 aliphatic rings. The zero-order valence-corrected chi connectivity index (χ0v) is 17.7. The van der Waals surface area contributed by atoms with E-state index in [4.69, 9.17) is 4.74 Å². The molecule has 29 heavy (non-hydrogen) atoms. The number of para-hydroxylation sites is 1. The van der Waals surface area contributed by atoms with Gasteiger partial charge in [0.15, 0.2) is 0 Å². The van der Waals surface area contributed by atoms with Gasteiger partial charge >= 0.3 is 0 Å². The number of ether oxygens (including phenoxy) is 1. The van der Waals surface area contributed by atoms with E-state index in [0.717, 1.165) is 28.1 Å². The van der Waals surface area contributed by atoms with E-state index in [2.05, 4.69) is 10.3 Å². The van der Waals surface area contributed by atoms with Gasteiger partial charge < -0.3 is 10.1 Å². The molecule has 152 valence electrons. The minimum Gasteiger partial charge on any atom is -0.495 e. The third-order valence-electron chi connectivity index (χ3n) is 4.89. The number of anilines is 1. The van der Waals surface area contributed by atoms with E-state index < -0.39 is 10.0 Å². The topological polar surface area (TPSA) is 88.6 Å². The smallest absolute Gasteiger partial charge is 0.243 e. The van der Waals surface area contributed by atoms with Crippen LogP contribution in [0.3, 0.4) is 0 Å². The van der Waals surface area contributed by atoms with Gasteiger partial charge in [-0.05, 0) is 43.2 Å². The fourth-order valence-electron chi connectivity index (χ4n) is 3.58. The van der Waals surface area contributed by atoms with Gasteiger partial charge in [-0.2, -0.15) is 4.31 Å². The van der Waals surface area contributed by atoms with Crippen molar-refractivity contribution >= 4 is 43.2 Å². The number of fused-ring (bicyclic) bond motifs is 1. The number of benzene rings is 2. The average Bonchev–Trinajstić information content (AvgIpc) is 3.34. The summed E-state index contributed by atoms with van der Waals surface area (Å²) in [5, 5.41) is 3.44. The zero-order chi connectivity index (χ0) is 20.6. The average molecular weight is 432 g/mol. The van der Waals surface area contributed by atoms with E-state index in [0.29, 0.717) is 18.0 Å². The molecule has 0 radical (unpaired) electrons. The molecule has 3 aromatic rings. The Hall–Kier alpha value is -2.49. The molecule has 0 aliphatic carbocycles. The van der Waals surface area contributed by atoms with Crippen LogP contribution in [-0.4, -0.2) is 37.3 Å². The van der Waals surface area contributed by atoms with E-state index in [1.165, 1.54) is 41.8 Å². The summed E-state index contributed by atoms with van der Waals surface area (Å²) in [6.07, 6.45) is 1.50. The number of methoxy groups -OCH3 is 1. The lowest BCUT2D eigenvalue weighted by Crippen LogP contribution is -2.30. The molecule has 7 nitrogen and oxygen atoms in total. The number of carbonyl (C=O) groups is 1. The van der Waals surface area contributed by atoms with Crippen LogP contribution in [0.4, 0.5) is 5.69 Å². The van der Waals surface area contributed by atoms with E-state index >= 15 is 0 Å². The minimum absolute atomic E-state index is 0.120. The van der Waals surface area contributed by atoms with Crippen LogP contribution in [0.15, 0.2) is 47.4 Å². The quantitative estimate of drug-likeness (QED) is 0.664. The number of aromatic nitrogens is 1. The predicted octanol–water partition coefficient (Wildman–Crippen LogP) is 3.79. The number of nitrogens with one attached hydrogen (secondary N) is 1. The van der Waals surface area contributed by atoms with Crippen molar-refractivity contribution in [2.24, 2.45) is 0 Å². The summed E-state index contributed by atoms with van der Waals surface area (Å²) >= 11 is 1.53. The molecular formula is C20H21N3O4S2. The SMILES string of the molecule is COc1ccc(S(=O)(=O)N2CCC[C@@H]2c2nc3ccccc3s2)cc1NC(C)=O. The second kappa shape index (κ2) is 7.74. The molecule has 0 spiro atoms. The first-order chi connectivity index (χ1) is 13.9. The fraction of sp³-hybridized carbons (Fsp3) is 0.300. The summed E-state index contributed by atoms with van der Waals surface area (Å²) in [6.45, 7) is 1.80. The van der Waals surface area contributed by atoms with Gasteiger partial charge in [0, 0.05) is 13.5 Å². The first-order valence-corrected chi connectivity index (χ1v) is 11.5. The summed E-state index contributed by atoms with van der Waals surface area (Å²) in [7, 11) is -2.29. The first kappa shape index (κ1) is 19.8. The molecule has 2 heterocycles. The molecule has 0 saturated carbocycles. The van der Waals surface area contributed by atoms with Gasteiger partial charge in [0.1, 0.15) is 10.8 Å². The summed E-state index contributed by atoms with van der Waals surface area (Å²) in [6, 6.07) is 12.0. The number of amides is 1. The van der Waals surface area contributed by atoms with Crippen molar-refractivity contribution in [3.05, 3.63) is 47.5 Å². The number of hydrogen-bond acceptors (Lipinski definition) is 6. The molecule has 2 aromatic carbocycles. The van der Waals surface area contributed by atoms with Crippen LogP contribution in [0.25, 0.3) is 10.2 Å². The summed E-state index contributed by atoms with van der Waals surface area (Å²) in [4.78, 5) is 16.3. The molecule has 1 saturated heterocycles. The Morgan fingerprint density at radius 1 is 1.28 bits per heavy atom. The van der Waals surface area contributed by atoms with Gasteiger partial charge in [-0.15, -0.1) is 11.3 Å². The largest absolute Gasteiger partial charge is 0.495 e. The summed E-state index contributed by atoms with van der Waals surface area (Å²) in [5.41, 5.74) is 1.21. The van der Waals surface area contributed by atoms with Crippen LogP contribution < -0.4 is 10.1 Å². The van der Waals surface area contributed by atoms with Crippen molar-refractivity contribution in [3.63, 3.8) is 0 Å². The third-order valence-corrected chi connectivity index (χ3v) is 7.93. The van der Waals surface area contributed by atoms with Crippen molar-refractivity contribution in [1.82, 2.24) is 9.29 Å². The molecule has 0 bridgehead atoms. The lowest BCUT2D eigenvalue weighted by molar-refractivity contribution is -0.114. The normalized spacial score (nSPS) is 17.5. The fourth-order valence-corrected chi connectivity index (χ4v) is 6.45. The van der Waals surface area contributed by atoms with Crippen molar-refractivity contribution in [1.29, 1.82) is 0 Å². The van der Waals surface area contributed by atoms with Crippen molar-refractivity contribution in [2.75, 3.05) is 19.0 Å². The van der Waals surface area contributed by atoms with Gasteiger partial charge in [-0.3, -0.25) is 4.79 Å². The number of hydrogen-bond donors (Lipinski definition) is 1. The van der Waals surface area contributed by atoms with Crippen LogP contribution in [-0.2, 0) is 14.8 Å². The molecule has 1 atom stereocenters. The minimum atomic E-state index is -3.76. The number of carbonyl (C=O) groups excluding carboxylic acids is 1. The monoisotopic (exact) mass is 431 g/mol. The van der Waals surface area contributed by atoms with Crippen molar-refractivity contribution in [3.8, 4) is 5.75 Å². The highest BCUT2D eigenvalue weighted by Gasteiger charge is 2.38. The predicted molar refractivity (Wildman–Crippen MR) is 113 cm³/mol. The number of rotatable bonds is 5. The highest BCUT2D eigenvalue weighted by molar-refractivity contribution is 7.89. The van der Waals surface area contributed by atoms with Crippen LogP contribution in [0.1, 0.15) is 30.8 Å². The Labute approximate surface area is 173 Å². The lowest BCUT2D eigenvalue weighted by Gasteiger charge is -2.23. The van der Waals surface area contributed by atoms with Crippen LogP contribution >= 0.6 is 11.3 Å². The van der Waals surface area contributed by atoms with Crippen LogP contribution in [0.2, 0.25) is 0 Å². The molecule has 1 fully saturated rings. The van der Waals surface area contributed by atoms with Gasteiger partial charge in [0.2, 0.25) is 15.9 Å². The van der Waals surface area contributed by atoms with Gasteiger partial charge in [0.25, 0.3) is 0 Å². The Morgan fingerprint density at radius 2 is 2.07 bits per heavy atom. The molecule has 1 aliphatic heterocycles.